The predicted octanol–water partition coefficient (Wildman–Crippen LogP) is 3.01. The lowest BCUT2D eigenvalue weighted by Gasteiger charge is -2.08. The lowest BCUT2D eigenvalue weighted by molar-refractivity contribution is 0.415. The molecule has 0 fully saturated rings. The van der Waals surface area contributed by atoms with E-state index in [-0.39, 0.29) is 17.8 Å². The van der Waals surface area contributed by atoms with Crippen LogP contribution >= 0.6 is 36.0 Å². The minimum atomic E-state index is -3.92. The zero-order valence-electron chi connectivity index (χ0n) is 17.9. The lowest BCUT2D eigenvalue weighted by atomic mass is 10.1. The first-order valence-electron chi connectivity index (χ1n) is 8.68. The van der Waals surface area contributed by atoms with Gasteiger partial charge < -0.3 is 36.3 Å². The van der Waals surface area contributed by atoms with Crippen LogP contribution in [0, 0.1) is 6.92 Å². The summed E-state index contributed by atoms with van der Waals surface area (Å²) in [6.45, 7) is 1.68. The fourth-order valence-electron chi connectivity index (χ4n) is 2.52. The molecule has 0 amide bonds. The summed E-state index contributed by atoms with van der Waals surface area (Å²) in [6.07, 6.45) is 0. The van der Waals surface area contributed by atoms with Crippen LogP contribution in [0.15, 0.2) is 51.8 Å². The molecule has 3 aromatic rings. The van der Waals surface area contributed by atoms with E-state index in [9.17, 15) is 8.42 Å². The molecule has 0 aliphatic carbocycles. The fraction of sp³-hybridized carbons (Fsp3) is 0.150. The molecule has 3 rings (SSSR count). The van der Waals surface area contributed by atoms with Gasteiger partial charge in [-0.1, -0.05) is 31.2 Å². The Morgan fingerprint density at radius 2 is 1.63 bits per heavy atom. The molecule has 2 aromatic carbocycles. The Labute approximate surface area is 218 Å². The zero-order chi connectivity index (χ0) is 25.3. The van der Waals surface area contributed by atoms with Crippen molar-refractivity contribution in [2.75, 3.05) is 7.11 Å². The number of ether oxygens (including phenoxy) is 1. The molecule has 11 nitrogen and oxygen atoms in total. The standard InChI is InChI=1S/C17H15ClN2O4S.2CH3NOS.CH4.H2O/c1-10-20-16(11-7-8-14(23-2)13(18)9-11)17(24-10)12-5-3-4-6-15(12)25(19,21)22;2*2-1(3)4;;/h3-9H,1-2H3,(H2,19,21,22);2*(H3,2,3,4);1H4;1H2. The maximum Gasteiger partial charge on any atom is 0.251 e. The number of oxazole rings is 1. The molecule has 0 aliphatic rings. The van der Waals surface area contributed by atoms with E-state index in [0.717, 1.165) is 0 Å². The third kappa shape index (κ3) is 10.9. The van der Waals surface area contributed by atoms with Gasteiger partial charge in [0.25, 0.3) is 10.3 Å². The van der Waals surface area contributed by atoms with Crippen molar-refractivity contribution in [2.45, 2.75) is 19.2 Å². The van der Waals surface area contributed by atoms with Crippen LogP contribution in [0.2, 0.25) is 5.02 Å². The number of aliphatic hydroxyl groups is 2. The molecule has 0 aliphatic heterocycles. The van der Waals surface area contributed by atoms with Crippen LogP contribution in [0.4, 0.5) is 0 Å². The molecule has 194 valence electrons. The van der Waals surface area contributed by atoms with Gasteiger partial charge in [-0.05, 0) is 54.8 Å². The van der Waals surface area contributed by atoms with E-state index in [1.807, 2.05) is 0 Å². The van der Waals surface area contributed by atoms with Crippen LogP contribution in [0.25, 0.3) is 22.6 Å². The third-order valence-corrected chi connectivity index (χ3v) is 4.86. The van der Waals surface area contributed by atoms with E-state index in [1.54, 1.807) is 43.3 Å². The number of methoxy groups -OCH3 is 1. The lowest BCUT2D eigenvalue weighted by Crippen LogP contribution is -2.13. The summed E-state index contributed by atoms with van der Waals surface area (Å²) in [7, 11) is -2.40. The molecular weight excluding hydrogens is 540 g/mol. The summed E-state index contributed by atoms with van der Waals surface area (Å²) in [5, 5.41) is 19.9. The van der Waals surface area contributed by atoms with Crippen LogP contribution in [0.3, 0.4) is 0 Å². The number of aromatic nitrogens is 1. The molecule has 0 radical (unpaired) electrons. The van der Waals surface area contributed by atoms with Gasteiger partial charge in [0, 0.05) is 18.1 Å². The molecule has 0 unspecified atom stereocenters. The summed E-state index contributed by atoms with van der Waals surface area (Å²) in [6, 6.07) is 11.5. The van der Waals surface area contributed by atoms with E-state index in [4.69, 9.17) is 36.1 Å². The van der Waals surface area contributed by atoms with Crippen molar-refractivity contribution >= 4 is 56.4 Å². The van der Waals surface area contributed by atoms with Crippen LogP contribution in [0.1, 0.15) is 13.3 Å². The monoisotopic (exact) mass is 566 g/mol. The number of primary sulfonamides is 1. The van der Waals surface area contributed by atoms with E-state index in [1.165, 1.54) is 13.2 Å². The predicted molar refractivity (Wildman–Crippen MR) is 144 cm³/mol. The normalized spacial score (nSPS) is 9.60. The Hall–Kier alpha value is -3.01. The second-order valence-corrected chi connectivity index (χ2v) is 8.75. The minimum absolute atomic E-state index is 0. The fourth-order valence-corrected chi connectivity index (χ4v) is 3.51. The molecule has 1 aromatic heterocycles. The Bertz CT molecular complexity index is 1230. The quantitative estimate of drug-likeness (QED) is 0.289. The number of hydrogen-bond acceptors (Lipinski definition) is 7. The first-order chi connectivity index (χ1) is 15.3. The SMILES string of the molecule is C.COc1ccc(-c2nc(C)oc2-c2ccccc2S(N)(=O)=O)cc1Cl.NC(O)=S.NC(O)=S.O. The highest BCUT2D eigenvalue weighted by molar-refractivity contribution is 7.89. The average Bonchev–Trinajstić information content (AvgIpc) is 3.08. The first-order valence-corrected chi connectivity index (χ1v) is 11.4. The minimum Gasteiger partial charge on any atom is -0.495 e. The summed E-state index contributed by atoms with van der Waals surface area (Å²) in [5.74, 6) is 1.22. The van der Waals surface area contributed by atoms with Crippen molar-refractivity contribution in [3.63, 3.8) is 0 Å². The maximum atomic E-state index is 11.9. The van der Waals surface area contributed by atoms with E-state index in [2.05, 4.69) is 40.9 Å². The molecule has 35 heavy (non-hydrogen) atoms. The Morgan fingerprint density at radius 1 is 1.11 bits per heavy atom. The van der Waals surface area contributed by atoms with Gasteiger partial charge >= 0.3 is 0 Å². The Balaban J connectivity index is 0. The van der Waals surface area contributed by atoms with Crippen molar-refractivity contribution in [3.05, 3.63) is 53.4 Å². The summed E-state index contributed by atoms with van der Waals surface area (Å²) < 4.78 is 34.6. The van der Waals surface area contributed by atoms with Crippen molar-refractivity contribution in [1.29, 1.82) is 0 Å². The largest absolute Gasteiger partial charge is 0.495 e. The Morgan fingerprint density at radius 3 is 2.09 bits per heavy atom. The molecule has 0 spiro atoms. The number of hydrogen-bond donors (Lipinski definition) is 5. The van der Waals surface area contributed by atoms with Crippen molar-refractivity contribution in [3.8, 4) is 28.3 Å². The van der Waals surface area contributed by atoms with Crippen LogP contribution in [-0.4, -0.2) is 46.5 Å². The van der Waals surface area contributed by atoms with Crippen molar-refractivity contribution < 1.29 is 33.3 Å². The maximum absolute atomic E-state index is 11.9. The average molecular weight is 567 g/mol. The van der Waals surface area contributed by atoms with Crippen LogP contribution in [0.5, 0.6) is 5.75 Å². The van der Waals surface area contributed by atoms with Crippen molar-refractivity contribution in [1.82, 2.24) is 4.98 Å². The first kappa shape index (κ1) is 34.2. The number of thiocarbonyl (C=S) groups is 2. The van der Waals surface area contributed by atoms with Gasteiger partial charge in [0.1, 0.15) is 11.4 Å². The number of halogens is 1. The molecule has 1 heterocycles. The molecule has 0 saturated heterocycles. The summed E-state index contributed by atoms with van der Waals surface area (Å²) in [5.41, 5.74) is 10.3. The highest BCUT2D eigenvalue weighted by Gasteiger charge is 2.22. The summed E-state index contributed by atoms with van der Waals surface area (Å²) in [4.78, 5) is 4.34. The van der Waals surface area contributed by atoms with Gasteiger partial charge in [0.2, 0.25) is 10.0 Å². The second-order valence-electron chi connectivity index (χ2n) is 5.98. The molecule has 10 N–H and O–H groups in total. The molecule has 0 saturated carbocycles. The van der Waals surface area contributed by atoms with Gasteiger partial charge in [0.05, 0.1) is 17.0 Å². The third-order valence-electron chi connectivity index (χ3n) is 3.60. The number of sulfonamides is 1. The van der Waals surface area contributed by atoms with Crippen LogP contribution in [-0.2, 0) is 10.0 Å². The highest BCUT2D eigenvalue weighted by atomic mass is 35.5. The van der Waals surface area contributed by atoms with Gasteiger partial charge in [0.15, 0.2) is 11.7 Å². The topological polar surface area (TPSA) is 219 Å². The Kier molecular flexibility index (Phi) is 14.7. The van der Waals surface area contributed by atoms with Gasteiger partial charge in [-0.2, -0.15) is 0 Å². The number of nitrogens with zero attached hydrogens (tertiary/aromatic N) is 1. The molecule has 15 heteroatoms. The van der Waals surface area contributed by atoms with Gasteiger partial charge in [-0.25, -0.2) is 18.5 Å². The van der Waals surface area contributed by atoms with Crippen molar-refractivity contribution in [2.24, 2.45) is 16.6 Å². The number of rotatable bonds is 4. The smallest absolute Gasteiger partial charge is 0.251 e. The highest BCUT2D eigenvalue weighted by Crippen LogP contribution is 2.38. The van der Waals surface area contributed by atoms with E-state index in [0.29, 0.717) is 39.2 Å². The molecule has 0 atom stereocenters. The summed E-state index contributed by atoms with van der Waals surface area (Å²) >= 11 is 13.9. The number of nitrogens with two attached hydrogens (primary N) is 3. The number of aliphatic hydroxyl groups excluding tert-OH is 2. The van der Waals surface area contributed by atoms with E-state index >= 15 is 0 Å². The zero-order valence-corrected chi connectivity index (χ0v) is 21.1. The molecule has 0 bridgehead atoms. The van der Waals surface area contributed by atoms with Gasteiger partial charge in [-0.3, -0.25) is 0 Å². The second kappa shape index (κ2) is 15.1. The van der Waals surface area contributed by atoms with Gasteiger partial charge in [-0.15, -0.1) is 0 Å². The number of benzene rings is 2. The molecular formula is C20H27ClN4O7S3. The van der Waals surface area contributed by atoms with E-state index < -0.39 is 20.4 Å². The van der Waals surface area contributed by atoms with Crippen LogP contribution < -0.4 is 21.3 Å². The number of aryl methyl sites for hydroxylation is 1.